The van der Waals surface area contributed by atoms with Crippen molar-refractivity contribution in [3.63, 3.8) is 0 Å². The van der Waals surface area contributed by atoms with E-state index in [1.54, 1.807) is 12.1 Å². The van der Waals surface area contributed by atoms with Gasteiger partial charge in [0.05, 0.1) is 6.61 Å². The maximum absolute atomic E-state index is 12.2. The summed E-state index contributed by atoms with van der Waals surface area (Å²) in [5.41, 5.74) is 0.616. The average Bonchev–Trinajstić information content (AvgIpc) is 2.38. The van der Waals surface area contributed by atoms with Crippen molar-refractivity contribution in [3.8, 4) is 0 Å². The van der Waals surface area contributed by atoms with E-state index in [0.29, 0.717) is 10.0 Å². The Morgan fingerprint density at radius 2 is 2.11 bits per heavy atom. The van der Waals surface area contributed by atoms with Gasteiger partial charge < -0.3 is 5.11 Å². The number of nitrogens with zero attached hydrogens (tertiary/aromatic N) is 2. The largest absolute Gasteiger partial charge is 0.392 e. The van der Waals surface area contributed by atoms with Crippen LogP contribution in [0.15, 0.2) is 45.9 Å². The van der Waals surface area contributed by atoms with E-state index in [1.165, 1.54) is 24.4 Å². The Hall–Kier alpha value is -1.51. The van der Waals surface area contributed by atoms with E-state index in [0.717, 1.165) is 0 Å². The minimum Gasteiger partial charge on any atom is -0.392 e. The Bertz CT molecular complexity index is 677. The summed E-state index contributed by atoms with van der Waals surface area (Å²) in [7, 11) is -3.75. The van der Waals surface area contributed by atoms with Crippen molar-refractivity contribution in [2.24, 2.45) is 0 Å². The third-order valence-corrected chi connectivity index (χ3v) is 4.61. The normalized spacial score (nSPS) is 11.3. The number of aliphatic hydroxyl groups is 1. The van der Waals surface area contributed by atoms with E-state index in [1.807, 2.05) is 0 Å². The first kappa shape index (κ1) is 13.9. The molecule has 1 aromatic carbocycles. The molecule has 0 spiro atoms. The van der Waals surface area contributed by atoms with Crippen molar-refractivity contribution < 1.29 is 13.5 Å². The molecule has 6 nitrogen and oxygen atoms in total. The predicted molar refractivity (Wildman–Crippen MR) is 72.9 cm³/mol. The molecule has 100 valence electrons. The molecule has 0 aliphatic heterocycles. The summed E-state index contributed by atoms with van der Waals surface area (Å²) in [5.74, 6) is 0.139. The standard InChI is InChI=1S/C11H10BrN3O3S/c12-9-6-8(7-16)3-4-10(9)19(17,18)15-11-2-1-5-13-14-11/h1-6,16H,7H2,(H,14,15). The molecule has 0 atom stereocenters. The molecular formula is C11H10BrN3O3S. The van der Waals surface area contributed by atoms with Gasteiger partial charge in [-0.2, -0.15) is 5.10 Å². The maximum atomic E-state index is 12.2. The van der Waals surface area contributed by atoms with E-state index < -0.39 is 10.0 Å². The molecule has 0 aliphatic rings. The molecule has 2 N–H and O–H groups in total. The fraction of sp³-hybridized carbons (Fsp3) is 0.0909. The SMILES string of the molecule is O=S(=O)(Nc1cccnn1)c1ccc(CO)cc1Br. The molecule has 0 saturated heterocycles. The zero-order valence-corrected chi connectivity index (χ0v) is 12.0. The number of aliphatic hydroxyl groups excluding tert-OH is 1. The summed E-state index contributed by atoms with van der Waals surface area (Å²) < 4.78 is 27.0. The van der Waals surface area contributed by atoms with Gasteiger partial charge in [-0.3, -0.25) is 4.72 Å². The number of nitrogens with one attached hydrogen (secondary N) is 1. The maximum Gasteiger partial charge on any atom is 0.264 e. The topological polar surface area (TPSA) is 92.2 Å². The Balaban J connectivity index is 2.35. The quantitative estimate of drug-likeness (QED) is 0.878. The number of aromatic nitrogens is 2. The summed E-state index contributed by atoms with van der Waals surface area (Å²) in [6.45, 7) is -0.156. The van der Waals surface area contributed by atoms with Crippen LogP contribution in [0, 0.1) is 0 Å². The van der Waals surface area contributed by atoms with E-state index in [-0.39, 0.29) is 17.3 Å². The molecule has 0 aliphatic carbocycles. The Morgan fingerprint density at radius 1 is 1.32 bits per heavy atom. The Labute approximate surface area is 118 Å². The molecule has 19 heavy (non-hydrogen) atoms. The molecule has 0 radical (unpaired) electrons. The van der Waals surface area contributed by atoms with Crippen LogP contribution < -0.4 is 4.72 Å². The molecule has 0 fully saturated rings. The van der Waals surface area contributed by atoms with Crippen molar-refractivity contribution in [1.29, 1.82) is 0 Å². The Morgan fingerprint density at radius 3 is 2.68 bits per heavy atom. The van der Waals surface area contributed by atoms with Crippen molar-refractivity contribution in [3.05, 3.63) is 46.6 Å². The summed E-state index contributed by atoms with van der Waals surface area (Å²) in [6.07, 6.45) is 1.45. The second-order valence-corrected chi connectivity index (χ2v) is 6.14. The number of sulfonamides is 1. The summed E-state index contributed by atoms with van der Waals surface area (Å²) in [6, 6.07) is 7.57. The molecule has 2 aromatic rings. The predicted octanol–water partition coefficient (Wildman–Crippen LogP) is 1.53. The van der Waals surface area contributed by atoms with Crippen molar-refractivity contribution in [2.75, 3.05) is 4.72 Å². The van der Waals surface area contributed by atoms with Crippen LogP contribution in [0.4, 0.5) is 5.82 Å². The third-order valence-electron chi connectivity index (χ3n) is 2.28. The molecular weight excluding hydrogens is 334 g/mol. The van der Waals surface area contributed by atoms with Crippen LogP contribution in [0.3, 0.4) is 0 Å². The molecule has 0 saturated carbocycles. The highest BCUT2D eigenvalue weighted by Crippen LogP contribution is 2.24. The third kappa shape index (κ3) is 3.28. The zero-order chi connectivity index (χ0) is 13.9. The van der Waals surface area contributed by atoms with Crippen molar-refractivity contribution in [1.82, 2.24) is 10.2 Å². The molecule has 1 heterocycles. The van der Waals surface area contributed by atoms with Gasteiger partial charge in [-0.05, 0) is 45.8 Å². The Kier molecular flexibility index (Phi) is 4.13. The lowest BCUT2D eigenvalue weighted by atomic mass is 10.2. The van der Waals surface area contributed by atoms with E-state index in [9.17, 15) is 8.42 Å². The van der Waals surface area contributed by atoms with Crippen molar-refractivity contribution >= 4 is 31.8 Å². The molecule has 0 bridgehead atoms. The summed E-state index contributed by atoms with van der Waals surface area (Å²) >= 11 is 3.17. The number of halogens is 1. The van der Waals surface area contributed by atoms with Crippen LogP contribution in [-0.2, 0) is 16.6 Å². The smallest absolute Gasteiger partial charge is 0.264 e. The van der Waals surface area contributed by atoms with Gasteiger partial charge in [0.15, 0.2) is 5.82 Å². The molecule has 1 aromatic heterocycles. The minimum atomic E-state index is -3.75. The van der Waals surface area contributed by atoms with Gasteiger partial charge in [0.2, 0.25) is 0 Å². The molecule has 2 rings (SSSR count). The first-order valence-electron chi connectivity index (χ1n) is 5.23. The highest BCUT2D eigenvalue weighted by atomic mass is 79.9. The monoisotopic (exact) mass is 343 g/mol. The number of anilines is 1. The lowest BCUT2D eigenvalue weighted by Gasteiger charge is -2.09. The van der Waals surface area contributed by atoms with Gasteiger partial charge >= 0.3 is 0 Å². The van der Waals surface area contributed by atoms with Gasteiger partial charge in [-0.25, -0.2) is 8.42 Å². The van der Waals surface area contributed by atoms with E-state index in [2.05, 4.69) is 30.8 Å². The lowest BCUT2D eigenvalue weighted by molar-refractivity contribution is 0.281. The zero-order valence-electron chi connectivity index (χ0n) is 9.62. The van der Waals surface area contributed by atoms with Gasteiger partial charge in [0.25, 0.3) is 10.0 Å². The molecule has 8 heteroatoms. The van der Waals surface area contributed by atoms with Crippen LogP contribution in [0.1, 0.15) is 5.56 Å². The first-order chi connectivity index (χ1) is 9.03. The van der Waals surface area contributed by atoms with Crippen LogP contribution >= 0.6 is 15.9 Å². The van der Waals surface area contributed by atoms with Gasteiger partial charge in [0, 0.05) is 10.7 Å². The van der Waals surface area contributed by atoms with E-state index >= 15 is 0 Å². The fourth-order valence-electron chi connectivity index (χ4n) is 1.41. The molecule has 0 unspecified atom stereocenters. The average molecular weight is 344 g/mol. The van der Waals surface area contributed by atoms with Gasteiger partial charge in [-0.15, -0.1) is 5.10 Å². The molecule has 0 amide bonds. The summed E-state index contributed by atoms with van der Waals surface area (Å²) in [5, 5.41) is 16.2. The number of benzene rings is 1. The van der Waals surface area contributed by atoms with Crippen LogP contribution in [0.25, 0.3) is 0 Å². The highest BCUT2D eigenvalue weighted by molar-refractivity contribution is 9.10. The van der Waals surface area contributed by atoms with Crippen LogP contribution in [0.2, 0.25) is 0 Å². The number of hydrogen-bond acceptors (Lipinski definition) is 5. The lowest BCUT2D eigenvalue weighted by Crippen LogP contribution is -2.14. The minimum absolute atomic E-state index is 0.0651. The summed E-state index contributed by atoms with van der Waals surface area (Å²) in [4.78, 5) is 0.0651. The fourth-order valence-corrected chi connectivity index (χ4v) is 3.53. The van der Waals surface area contributed by atoms with Crippen molar-refractivity contribution in [2.45, 2.75) is 11.5 Å². The number of rotatable bonds is 4. The second-order valence-electron chi connectivity index (χ2n) is 3.64. The van der Waals surface area contributed by atoms with E-state index in [4.69, 9.17) is 5.11 Å². The number of hydrogen-bond donors (Lipinski definition) is 2. The van der Waals surface area contributed by atoms with Gasteiger partial charge in [0.1, 0.15) is 4.90 Å². The van der Waals surface area contributed by atoms with Gasteiger partial charge in [-0.1, -0.05) is 6.07 Å². The first-order valence-corrected chi connectivity index (χ1v) is 7.50. The van der Waals surface area contributed by atoms with Crippen LogP contribution in [0.5, 0.6) is 0 Å². The second kappa shape index (κ2) is 5.64. The van der Waals surface area contributed by atoms with Crippen LogP contribution in [-0.4, -0.2) is 23.7 Å². The highest BCUT2D eigenvalue weighted by Gasteiger charge is 2.18.